The van der Waals surface area contributed by atoms with Gasteiger partial charge in [0.05, 0.1) is 22.2 Å². The number of pyridine rings is 1. The molecule has 0 radical (unpaired) electrons. The van der Waals surface area contributed by atoms with E-state index >= 15 is 0 Å². The van der Waals surface area contributed by atoms with Crippen molar-refractivity contribution in [1.29, 1.82) is 0 Å². The van der Waals surface area contributed by atoms with Gasteiger partial charge in [-0.15, -0.1) is 11.3 Å². The molecule has 0 aliphatic heterocycles. The minimum absolute atomic E-state index is 0.182. The van der Waals surface area contributed by atoms with Gasteiger partial charge in [0.25, 0.3) is 0 Å². The fraction of sp³-hybridized carbons (Fsp3) is 0.333. The molecule has 4 N–H and O–H groups in total. The number of thiophene rings is 1. The van der Waals surface area contributed by atoms with E-state index in [-0.39, 0.29) is 35.2 Å². The summed E-state index contributed by atoms with van der Waals surface area (Å²) in [6.07, 6.45) is 0.0211. The SMILES string of the molecule is CNS(=O)(=O)O[C@@H]1C[C@H](Nc2ncncc2C(=O)c2cc([C@H](O)c3cccc(Cl)n3)cs2)C[C@@H]1O. The van der Waals surface area contributed by atoms with Crippen molar-refractivity contribution < 1.29 is 27.6 Å². The number of ketones is 1. The molecule has 0 bridgehead atoms. The number of nitrogens with one attached hydrogen (secondary N) is 2. The summed E-state index contributed by atoms with van der Waals surface area (Å²) in [5, 5.41) is 25.9. The molecule has 14 heteroatoms. The van der Waals surface area contributed by atoms with E-state index in [9.17, 15) is 23.4 Å². The summed E-state index contributed by atoms with van der Waals surface area (Å²) in [5.41, 5.74) is 1.04. The second-order valence-electron chi connectivity index (χ2n) is 7.82. The van der Waals surface area contributed by atoms with Gasteiger partial charge < -0.3 is 15.5 Å². The van der Waals surface area contributed by atoms with E-state index in [1.165, 1.54) is 19.6 Å². The average molecular weight is 540 g/mol. The zero-order valence-corrected chi connectivity index (χ0v) is 20.7. The lowest BCUT2D eigenvalue weighted by Crippen LogP contribution is -2.31. The van der Waals surface area contributed by atoms with E-state index in [4.69, 9.17) is 15.8 Å². The van der Waals surface area contributed by atoms with Crippen LogP contribution >= 0.6 is 22.9 Å². The molecule has 0 spiro atoms. The second-order valence-corrected chi connectivity index (χ2v) is 10.6. The number of aromatic nitrogens is 3. The van der Waals surface area contributed by atoms with E-state index in [1.807, 2.05) is 4.72 Å². The zero-order valence-electron chi connectivity index (χ0n) is 18.3. The molecular weight excluding hydrogens is 518 g/mol. The molecule has 0 aromatic carbocycles. The van der Waals surface area contributed by atoms with Crippen molar-refractivity contribution in [2.45, 2.75) is 37.2 Å². The standard InChI is InChI=1S/C21H22ClN5O6S2/c1-23-35(31,32)33-16-7-12(6-15(16)28)26-21-13(8-24-10-25-21)20(30)17-5-11(9-34-17)19(29)14-3-2-4-18(22)27-14/h2-5,8-10,12,15-16,19,23,28-29H,6-7H2,1H3,(H,24,25,26)/t12-,15+,16-,19+/m1/s1. The fourth-order valence-corrected chi connectivity index (χ4v) is 5.39. The van der Waals surface area contributed by atoms with E-state index in [0.717, 1.165) is 11.3 Å². The van der Waals surface area contributed by atoms with Crippen molar-refractivity contribution in [2.75, 3.05) is 12.4 Å². The molecule has 3 aromatic rings. The van der Waals surface area contributed by atoms with E-state index in [1.54, 1.807) is 29.6 Å². The maximum atomic E-state index is 13.2. The first kappa shape index (κ1) is 25.6. The number of hydrogen-bond acceptors (Lipinski definition) is 11. The Labute approximate surface area is 210 Å². The lowest BCUT2D eigenvalue weighted by molar-refractivity contribution is 0.0636. The Morgan fingerprint density at radius 2 is 2.14 bits per heavy atom. The maximum Gasteiger partial charge on any atom is 0.335 e. The molecule has 11 nitrogen and oxygen atoms in total. The molecule has 1 saturated carbocycles. The highest BCUT2D eigenvalue weighted by Gasteiger charge is 2.37. The highest BCUT2D eigenvalue weighted by atomic mass is 35.5. The van der Waals surface area contributed by atoms with Crippen molar-refractivity contribution in [3.8, 4) is 0 Å². The molecule has 3 heterocycles. The van der Waals surface area contributed by atoms with Crippen LogP contribution in [-0.4, -0.2) is 64.7 Å². The fourth-order valence-electron chi connectivity index (χ4n) is 3.71. The second kappa shape index (κ2) is 10.6. The molecule has 0 amide bonds. The number of halogens is 1. The monoisotopic (exact) mass is 539 g/mol. The molecule has 1 fully saturated rings. The summed E-state index contributed by atoms with van der Waals surface area (Å²) >= 11 is 7.06. The first-order chi connectivity index (χ1) is 16.7. The highest BCUT2D eigenvalue weighted by molar-refractivity contribution is 7.84. The van der Waals surface area contributed by atoms with Gasteiger partial charge in [-0.2, -0.15) is 13.1 Å². The van der Waals surface area contributed by atoms with Gasteiger partial charge in [0.2, 0.25) is 5.78 Å². The number of anilines is 1. The van der Waals surface area contributed by atoms with Crippen LogP contribution in [-0.2, 0) is 14.5 Å². The number of carbonyl (C=O) groups excluding carboxylic acids is 1. The van der Waals surface area contributed by atoms with Crippen molar-refractivity contribution in [2.24, 2.45) is 0 Å². The normalized spacial score (nSPS) is 21.1. The quantitative estimate of drug-likeness (QED) is 0.232. The van der Waals surface area contributed by atoms with Gasteiger partial charge in [-0.25, -0.2) is 15.0 Å². The third-order valence-electron chi connectivity index (χ3n) is 5.45. The number of carbonyl (C=O) groups is 1. The van der Waals surface area contributed by atoms with Crippen LogP contribution in [0.4, 0.5) is 5.82 Å². The zero-order chi connectivity index (χ0) is 25.2. The largest absolute Gasteiger partial charge is 0.390 e. The van der Waals surface area contributed by atoms with Crippen molar-refractivity contribution in [3.05, 3.63) is 69.0 Å². The number of rotatable bonds is 9. The summed E-state index contributed by atoms with van der Waals surface area (Å²) in [6, 6.07) is 6.09. The Balaban J connectivity index is 1.49. The topological polar surface area (TPSA) is 164 Å². The number of aliphatic hydroxyl groups is 2. The first-order valence-electron chi connectivity index (χ1n) is 10.5. The predicted molar refractivity (Wildman–Crippen MR) is 129 cm³/mol. The first-order valence-corrected chi connectivity index (χ1v) is 13.1. The van der Waals surface area contributed by atoms with Gasteiger partial charge in [-0.05, 0) is 42.0 Å². The van der Waals surface area contributed by atoms with Gasteiger partial charge in [0, 0.05) is 19.3 Å². The van der Waals surface area contributed by atoms with Crippen LogP contribution in [0.5, 0.6) is 0 Å². The lowest BCUT2D eigenvalue weighted by Gasteiger charge is -2.15. The Morgan fingerprint density at radius 3 is 2.89 bits per heavy atom. The van der Waals surface area contributed by atoms with Crippen LogP contribution < -0.4 is 10.0 Å². The van der Waals surface area contributed by atoms with Gasteiger partial charge in [0.1, 0.15) is 29.5 Å². The van der Waals surface area contributed by atoms with Crippen LogP contribution in [0, 0.1) is 0 Å². The molecular formula is C21H22ClN5O6S2. The molecule has 4 rings (SSSR count). The van der Waals surface area contributed by atoms with E-state index < -0.39 is 34.7 Å². The number of hydrogen-bond donors (Lipinski definition) is 4. The molecule has 1 aliphatic carbocycles. The van der Waals surface area contributed by atoms with E-state index in [2.05, 4.69) is 20.3 Å². The number of nitrogens with zero attached hydrogens (tertiary/aromatic N) is 3. The van der Waals surface area contributed by atoms with Crippen LogP contribution in [0.3, 0.4) is 0 Å². The van der Waals surface area contributed by atoms with Crippen molar-refractivity contribution in [3.63, 3.8) is 0 Å². The Hall–Kier alpha value is -2.52. The number of aliphatic hydroxyl groups excluding tert-OH is 2. The van der Waals surface area contributed by atoms with Crippen LogP contribution in [0.1, 0.15) is 45.4 Å². The minimum Gasteiger partial charge on any atom is -0.390 e. The Morgan fingerprint density at radius 1 is 1.34 bits per heavy atom. The van der Waals surface area contributed by atoms with E-state index in [0.29, 0.717) is 16.1 Å². The van der Waals surface area contributed by atoms with Gasteiger partial charge >= 0.3 is 10.3 Å². The van der Waals surface area contributed by atoms with Crippen LogP contribution in [0.2, 0.25) is 5.15 Å². The maximum absolute atomic E-state index is 13.2. The summed E-state index contributed by atoms with van der Waals surface area (Å²) in [4.78, 5) is 25.8. The third-order valence-corrected chi connectivity index (χ3v) is 7.60. The molecule has 0 unspecified atom stereocenters. The summed E-state index contributed by atoms with van der Waals surface area (Å²) < 4.78 is 30.4. The third kappa shape index (κ3) is 6.01. The van der Waals surface area contributed by atoms with Crippen LogP contribution in [0.15, 0.2) is 42.2 Å². The molecule has 1 aliphatic rings. The highest BCUT2D eigenvalue weighted by Crippen LogP contribution is 2.30. The molecule has 0 saturated heterocycles. The van der Waals surface area contributed by atoms with Gasteiger partial charge in [-0.1, -0.05) is 17.7 Å². The molecule has 3 aromatic heterocycles. The van der Waals surface area contributed by atoms with Crippen molar-refractivity contribution >= 4 is 44.8 Å². The van der Waals surface area contributed by atoms with Gasteiger partial charge in [0.15, 0.2) is 0 Å². The summed E-state index contributed by atoms with van der Waals surface area (Å²) in [5.74, 6) is -0.119. The smallest absolute Gasteiger partial charge is 0.335 e. The minimum atomic E-state index is -3.97. The summed E-state index contributed by atoms with van der Waals surface area (Å²) in [6.45, 7) is 0. The molecule has 186 valence electrons. The predicted octanol–water partition coefficient (Wildman–Crippen LogP) is 1.68. The average Bonchev–Trinajstić information content (AvgIpc) is 3.45. The van der Waals surface area contributed by atoms with Crippen LogP contribution in [0.25, 0.3) is 0 Å². The molecule has 35 heavy (non-hydrogen) atoms. The van der Waals surface area contributed by atoms with Gasteiger partial charge in [-0.3, -0.25) is 8.98 Å². The van der Waals surface area contributed by atoms with Crippen molar-refractivity contribution in [1.82, 2.24) is 19.7 Å². The summed E-state index contributed by atoms with van der Waals surface area (Å²) in [7, 11) is -2.75. The lowest BCUT2D eigenvalue weighted by atomic mass is 10.1. The Bertz CT molecular complexity index is 1320. The Kier molecular flexibility index (Phi) is 7.76. The molecule has 4 atom stereocenters.